The Hall–Kier alpha value is -1.91. The molecule has 2 atom stereocenters. The average Bonchev–Trinajstić information content (AvgIpc) is 3.23. The van der Waals surface area contributed by atoms with E-state index in [1.165, 1.54) is 59.1 Å². The van der Waals surface area contributed by atoms with E-state index < -0.39 is 21.9 Å². The van der Waals surface area contributed by atoms with Gasteiger partial charge in [-0.15, -0.1) is 0 Å². The van der Waals surface area contributed by atoms with Crippen molar-refractivity contribution in [2.75, 3.05) is 0 Å². The summed E-state index contributed by atoms with van der Waals surface area (Å²) in [4.78, 5) is 3.08. The maximum absolute atomic E-state index is 6.89. The summed E-state index contributed by atoms with van der Waals surface area (Å²) in [5, 5.41) is 2.66. The van der Waals surface area contributed by atoms with Crippen molar-refractivity contribution in [2.24, 2.45) is 0 Å². The van der Waals surface area contributed by atoms with Gasteiger partial charge in [-0.2, -0.15) is 0 Å². The molecule has 0 aliphatic carbocycles. The predicted octanol–water partition coefficient (Wildman–Crippen LogP) is 9.84. The second-order valence-electron chi connectivity index (χ2n) is 13.0. The van der Waals surface area contributed by atoms with Gasteiger partial charge in [0.25, 0.3) is 0 Å². The number of hydrogen-bond donors (Lipinski definition) is 0. The lowest BCUT2D eigenvalue weighted by atomic mass is 9.98. The molecule has 0 saturated carbocycles. The first-order valence-electron chi connectivity index (χ1n) is 13.8. The summed E-state index contributed by atoms with van der Waals surface area (Å²) in [7, 11) is -0.479. The number of benzene rings is 2. The Morgan fingerprint density at radius 2 is 0.897 bits per heavy atom. The van der Waals surface area contributed by atoms with Crippen molar-refractivity contribution in [1.82, 2.24) is 0 Å². The highest BCUT2D eigenvalue weighted by Gasteiger charge is 2.45. The zero-order valence-electron chi connectivity index (χ0n) is 24.4. The van der Waals surface area contributed by atoms with E-state index >= 15 is 0 Å². The summed E-state index contributed by atoms with van der Waals surface area (Å²) in [5.41, 5.74) is 5.03. The van der Waals surface area contributed by atoms with Crippen LogP contribution in [0.15, 0.2) is 84.9 Å². The second kappa shape index (κ2) is 10.8. The highest BCUT2D eigenvalue weighted by atomic mass is 31.0. The van der Waals surface area contributed by atoms with E-state index in [4.69, 9.17) is 9.47 Å². The minimum Gasteiger partial charge on any atom is -0.339 e. The summed E-state index contributed by atoms with van der Waals surface area (Å²) in [6.07, 6.45) is -0.326. The van der Waals surface area contributed by atoms with Crippen molar-refractivity contribution in [3.05, 3.63) is 95.5 Å². The summed E-state index contributed by atoms with van der Waals surface area (Å²) in [5.74, 6) is -0.676. The molecule has 39 heavy (non-hydrogen) atoms. The van der Waals surface area contributed by atoms with Crippen LogP contribution in [-0.2, 0) is 9.47 Å². The molecule has 3 heterocycles. The first-order valence-corrected chi connectivity index (χ1v) is 22.6. The largest absolute Gasteiger partial charge is 0.339 e. The molecule has 2 nitrogen and oxygen atoms in total. The highest BCUT2D eigenvalue weighted by Crippen LogP contribution is 2.54. The lowest BCUT2D eigenvalue weighted by Gasteiger charge is -2.26. The van der Waals surface area contributed by atoms with Crippen LogP contribution in [0.1, 0.15) is 36.6 Å². The second-order valence-corrected chi connectivity index (χ2v) is 26.3. The Morgan fingerprint density at radius 3 is 1.23 bits per heavy atom. The topological polar surface area (TPSA) is 18.5 Å². The third-order valence-corrected chi connectivity index (χ3v) is 17.5. The summed E-state index contributed by atoms with van der Waals surface area (Å²) in [6.45, 7) is 18.8. The van der Waals surface area contributed by atoms with Gasteiger partial charge in [-0.3, -0.25) is 0 Å². The summed E-state index contributed by atoms with van der Waals surface area (Å²) >= 11 is 0. The van der Waals surface area contributed by atoms with E-state index in [1.807, 2.05) is 0 Å². The Labute approximate surface area is 240 Å². The Balaban J connectivity index is 1.75. The molecule has 6 heteroatoms. The molecule has 1 aliphatic heterocycles. The average molecular weight is 587 g/mol. The number of ether oxygens (including phenoxy) is 2. The molecule has 5 rings (SSSR count). The quantitative estimate of drug-likeness (QED) is 0.209. The number of hydrogen-bond acceptors (Lipinski definition) is 2. The summed E-state index contributed by atoms with van der Waals surface area (Å²) < 4.78 is 13.8. The third kappa shape index (κ3) is 6.23. The molecule has 2 unspecified atom stereocenters. The SMILES string of the molecule is CC1(C)OC(c2pc([Si](C)(C)C)ccc2-c2ccccc2)C(c2pc([Si](C)(C)C)ccc2-c2ccccc2)O1. The number of rotatable bonds is 6. The molecule has 4 aromatic rings. The Bertz CT molecular complexity index is 1350. The fourth-order valence-corrected chi connectivity index (χ4v) is 11.8. The van der Waals surface area contributed by atoms with E-state index in [-0.39, 0.29) is 12.2 Å². The van der Waals surface area contributed by atoms with Gasteiger partial charge in [-0.25, -0.2) is 0 Å². The van der Waals surface area contributed by atoms with Gasteiger partial charge in [0.05, 0.1) is 16.1 Å². The molecule has 202 valence electrons. The van der Waals surface area contributed by atoms with E-state index in [1.54, 1.807) is 0 Å². The maximum Gasteiger partial charge on any atom is 0.164 e. The van der Waals surface area contributed by atoms with Crippen LogP contribution in [0.25, 0.3) is 22.3 Å². The van der Waals surface area contributed by atoms with Gasteiger partial charge in [0.15, 0.2) is 5.79 Å². The highest BCUT2D eigenvalue weighted by molar-refractivity contribution is 7.42. The molecule has 0 amide bonds. The van der Waals surface area contributed by atoms with Crippen molar-refractivity contribution < 1.29 is 9.47 Å². The zero-order chi connectivity index (χ0) is 28.0. The third-order valence-electron chi connectivity index (χ3n) is 7.19. The van der Waals surface area contributed by atoms with Gasteiger partial charge >= 0.3 is 0 Å². The van der Waals surface area contributed by atoms with Crippen molar-refractivity contribution in [1.29, 1.82) is 0 Å². The molecule has 0 N–H and O–H groups in total. The van der Waals surface area contributed by atoms with Crippen molar-refractivity contribution >= 4 is 42.4 Å². The monoisotopic (exact) mass is 586 g/mol. The fourth-order valence-electron chi connectivity index (χ4n) is 5.10. The van der Waals surface area contributed by atoms with Gasteiger partial charge < -0.3 is 9.47 Å². The van der Waals surface area contributed by atoms with Crippen molar-refractivity contribution in [3.8, 4) is 22.3 Å². The minimum atomic E-state index is -1.52. The fraction of sp³-hybridized carbons (Fsp3) is 0.333. The van der Waals surface area contributed by atoms with E-state index in [9.17, 15) is 0 Å². The van der Waals surface area contributed by atoms with Crippen LogP contribution < -0.4 is 9.84 Å². The van der Waals surface area contributed by atoms with Crippen LogP contribution in [-0.4, -0.2) is 21.9 Å². The van der Waals surface area contributed by atoms with E-state index in [2.05, 4.69) is 138 Å². The van der Waals surface area contributed by atoms with Crippen LogP contribution in [0, 0.1) is 0 Å². The predicted molar refractivity (Wildman–Crippen MR) is 176 cm³/mol. The van der Waals surface area contributed by atoms with Crippen LogP contribution >= 0.6 is 16.4 Å². The van der Waals surface area contributed by atoms with Gasteiger partial charge in [-0.05, 0) is 45.9 Å². The van der Waals surface area contributed by atoms with Gasteiger partial charge in [-0.1, -0.05) is 141 Å². The van der Waals surface area contributed by atoms with Gasteiger partial charge in [0, 0.05) is 10.6 Å². The van der Waals surface area contributed by atoms with E-state index in [0.29, 0.717) is 0 Å². The summed E-state index contributed by atoms with van der Waals surface area (Å²) in [6, 6.07) is 31.0. The van der Waals surface area contributed by atoms with Gasteiger partial charge in [0.1, 0.15) is 12.2 Å². The smallest absolute Gasteiger partial charge is 0.164 e. The minimum absolute atomic E-state index is 0.163. The standard InChI is InChI=1S/C33H40O2P2Si2/c1-33(2)34-29(31-25(23-15-11-9-12-16-23)19-21-27(36-31)38(3,4)5)30(35-33)32-26(24-17-13-10-14-18-24)20-22-28(37-32)39(6,7)8/h9-22,29-30H,1-8H3. The lowest BCUT2D eigenvalue weighted by molar-refractivity contribution is -0.146. The molecular weight excluding hydrogens is 546 g/mol. The van der Waals surface area contributed by atoms with E-state index in [0.717, 1.165) is 0 Å². The Kier molecular flexibility index (Phi) is 7.94. The maximum atomic E-state index is 6.89. The molecule has 2 aromatic heterocycles. The van der Waals surface area contributed by atoms with Gasteiger partial charge in [0.2, 0.25) is 0 Å². The first-order chi connectivity index (χ1) is 18.3. The molecule has 0 radical (unpaired) electrons. The normalized spacial score (nSPS) is 19.7. The van der Waals surface area contributed by atoms with Crippen LogP contribution in [0.3, 0.4) is 0 Å². The zero-order valence-corrected chi connectivity index (χ0v) is 28.2. The molecule has 0 bridgehead atoms. The first kappa shape index (κ1) is 28.6. The lowest BCUT2D eigenvalue weighted by Crippen LogP contribution is -2.35. The van der Waals surface area contributed by atoms with Crippen LogP contribution in [0.2, 0.25) is 39.3 Å². The molecule has 1 aliphatic rings. The van der Waals surface area contributed by atoms with Crippen molar-refractivity contribution in [2.45, 2.75) is 71.1 Å². The molecule has 1 fully saturated rings. The molecule has 0 spiro atoms. The van der Waals surface area contributed by atoms with Crippen LogP contribution in [0.5, 0.6) is 0 Å². The Morgan fingerprint density at radius 1 is 0.538 bits per heavy atom. The van der Waals surface area contributed by atoms with Crippen LogP contribution in [0.4, 0.5) is 0 Å². The van der Waals surface area contributed by atoms with Crippen molar-refractivity contribution in [3.63, 3.8) is 0 Å². The molecule has 1 saturated heterocycles. The molecule has 2 aromatic carbocycles. The molecular formula is C33H40O2P2Si2.